The van der Waals surface area contributed by atoms with Gasteiger partial charge in [-0.25, -0.2) is 4.98 Å². The van der Waals surface area contributed by atoms with E-state index in [1.165, 1.54) is 0 Å². The van der Waals surface area contributed by atoms with Gasteiger partial charge in [-0.3, -0.25) is 0 Å². The topological polar surface area (TPSA) is 50.7 Å². The van der Waals surface area contributed by atoms with Crippen molar-refractivity contribution in [3.05, 3.63) is 41.0 Å². The highest BCUT2D eigenvalue weighted by atomic mass is 35.5. The van der Waals surface area contributed by atoms with E-state index in [9.17, 15) is 0 Å². The molecule has 0 aliphatic carbocycles. The smallest absolute Gasteiger partial charge is 0.153 e. The highest BCUT2D eigenvalue weighted by molar-refractivity contribution is 7.16. The molecule has 0 fully saturated rings. The molecule has 1 aromatic carbocycles. The standard InChI is InChI=1S/C11H7ClN4S/c12-10-3-4-11(16-15-10)14-7-1-2-8-9(5-7)17-6-13-8/h1-6H,(H,14,16). The highest BCUT2D eigenvalue weighted by Gasteiger charge is 2.00. The number of thiazole rings is 1. The van der Waals surface area contributed by atoms with Crippen LogP contribution in [0.2, 0.25) is 5.15 Å². The summed E-state index contributed by atoms with van der Waals surface area (Å²) in [6.45, 7) is 0. The molecule has 0 aliphatic heterocycles. The molecular weight excluding hydrogens is 256 g/mol. The first-order valence-electron chi connectivity index (χ1n) is 4.91. The van der Waals surface area contributed by atoms with E-state index in [1.807, 2.05) is 23.7 Å². The summed E-state index contributed by atoms with van der Waals surface area (Å²) in [6, 6.07) is 9.44. The van der Waals surface area contributed by atoms with Gasteiger partial charge >= 0.3 is 0 Å². The maximum absolute atomic E-state index is 5.67. The van der Waals surface area contributed by atoms with Gasteiger partial charge in [0.25, 0.3) is 0 Å². The molecule has 3 rings (SSSR count). The molecule has 0 bridgehead atoms. The number of halogens is 1. The summed E-state index contributed by atoms with van der Waals surface area (Å²) in [7, 11) is 0. The minimum absolute atomic E-state index is 0.383. The summed E-state index contributed by atoms with van der Waals surface area (Å²) in [5, 5.41) is 11.2. The Balaban J connectivity index is 1.91. The summed E-state index contributed by atoms with van der Waals surface area (Å²) in [6.07, 6.45) is 0. The molecule has 0 atom stereocenters. The Kier molecular flexibility index (Phi) is 2.62. The number of aromatic nitrogens is 3. The van der Waals surface area contributed by atoms with Crippen LogP contribution in [-0.2, 0) is 0 Å². The molecule has 2 aromatic heterocycles. The van der Waals surface area contributed by atoms with Crippen molar-refractivity contribution in [2.24, 2.45) is 0 Å². The van der Waals surface area contributed by atoms with Crippen molar-refractivity contribution >= 4 is 44.7 Å². The molecule has 6 heteroatoms. The van der Waals surface area contributed by atoms with Gasteiger partial charge in [0.2, 0.25) is 0 Å². The fraction of sp³-hybridized carbons (Fsp3) is 0. The molecular formula is C11H7ClN4S. The number of benzene rings is 1. The number of anilines is 2. The molecule has 0 unspecified atom stereocenters. The Bertz CT molecular complexity index is 650. The molecule has 3 aromatic rings. The van der Waals surface area contributed by atoms with Crippen LogP contribution in [0.3, 0.4) is 0 Å². The van der Waals surface area contributed by atoms with Crippen molar-refractivity contribution in [3.63, 3.8) is 0 Å². The summed E-state index contributed by atoms with van der Waals surface area (Å²) in [5.74, 6) is 0.665. The molecule has 4 nitrogen and oxygen atoms in total. The third-order valence-electron chi connectivity index (χ3n) is 2.24. The third kappa shape index (κ3) is 2.20. The van der Waals surface area contributed by atoms with Crippen LogP contribution in [0.25, 0.3) is 10.2 Å². The van der Waals surface area contributed by atoms with E-state index >= 15 is 0 Å². The molecule has 17 heavy (non-hydrogen) atoms. The van der Waals surface area contributed by atoms with E-state index in [0.717, 1.165) is 15.9 Å². The van der Waals surface area contributed by atoms with Gasteiger partial charge in [0.1, 0.15) is 0 Å². The SMILES string of the molecule is Clc1ccc(Nc2ccc3ncsc3c2)nn1. The van der Waals surface area contributed by atoms with Gasteiger partial charge in [-0.1, -0.05) is 11.6 Å². The Morgan fingerprint density at radius 3 is 2.88 bits per heavy atom. The zero-order valence-corrected chi connectivity index (χ0v) is 10.2. The average molecular weight is 263 g/mol. The number of hydrogen-bond acceptors (Lipinski definition) is 5. The Morgan fingerprint density at radius 1 is 1.12 bits per heavy atom. The summed E-state index contributed by atoms with van der Waals surface area (Å²) in [4.78, 5) is 4.22. The van der Waals surface area contributed by atoms with Gasteiger partial charge in [0, 0.05) is 5.69 Å². The third-order valence-corrected chi connectivity index (χ3v) is 3.23. The summed E-state index contributed by atoms with van der Waals surface area (Å²) in [5.41, 5.74) is 3.79. The van der Waals surface area contributed by atoms with E-state index < -0.39 is 0 Å². The summed E-state index contributed by atoms with van der Waals surface area (Å²) < 4.78 is 1.14. The second kappa shape index (κ2) is 4.27. The number of nitrogens with one attached hydrogen (secondary N) is 1. The molecule has 0 aliphatic rings. The van der Waals surface area contributed by atoms with Crippen molar-refractivity contribution in [1.29, 1.82) is 0 Å². The van der Waals surface area contributed by atoms with Gasteiger partial charge in [-0.15, -0.1) is 21.5 Å². The van der Waals surface area contributed by atoms with Gasteiger partial charge in [0.15, 0.2) is 11.0 Å². The first-order valence-corrected chi connectivity index (χ1v) is 6.16. The van der Waals surface area contributed by atoms with Crippen molar-refractivity contribution < 1.29 is 0 Å². The van der Waals surface area contributed by atoms with Crippen molar-refractivity contribution in [1.82, 2.24) is 15.2 Å². The Morgan fingerprint density at radius 2 is 2.06 bits per heavy atom. The van der Waals surface area contributed by atoms with Crippen LogP contribution < -0.4 is 5.32 Å². The molecule has 1 N–H and O–H groups in total. The van der Waals surface area contributed by atoms with Gasteiger partial charge in [-0.05, 0) is 30.3 Å². The lowest BCUT2D eigenvalue weighted by Gasteiger charge is -2.04. The van der Waals surface area contributed by atoms with E-state index in [0.29, 0.717) is 11.0 Å². The van der Waals surface area contributed by atoms with Crippen LogP contribution >= 0.6 is 22.9 Å². The maximum Gasteiger partial charge on any atom is 0.153 e. The minimum Gasteiger partial charge on any atom is -0.339 e. The molecule has 0 saturated heterocycles. The number of nitrogens with zero attached hydrogens (tertiary/aromatic N) is 3. The van der Waals surface area contributed by atoms with Gasteiger partial charge in [0.05, 0.1) is 15.7 Å². The van der Waals surface area contributed by atoms with E-state index in [4.69, 9.17) is 11.6 Å². The summed E-state index contributed by atoms with van der Waals surface area (Å²) >= 11 is 7.28. The lowest BCUT2D eigenvalue weighted by molar-refractivity contribution is 1.04. The van der Waals surface area contributed by atoms with Gasteiger partial charge in [-0.2, -0.15) is 0 Å². The van der Waals surface area contributed by atoms with Crippen LogP contribution in [0.4, 0.5) is 11.5 Å². The van der Waals surface area contributed by atoms with Crippen LogP contribution in [0.15, 0.2) is 35.8 Å². The lowest BCUT2D eigenvalue weighted by atomic mass is 10.3. The zero-order chi connectivity index (χ0) is 11.7. The van der Waals surface area contributed by atoms with E-state index in [2.05, 4.69) is 20.5 Å². The maximum atomic E-state index is 5.67. The number of hydrogen-bond donors (Lipinski definition) is 1. The Hall–Kier alpha value is -1.72. The molecule has 0 radical (unpaired) electrons. The second-order valence-electron chi connectivity index (χ2n) is 3.40. The van der Waals surface area contributed by atoms with Gasteiger partial charge < -0.3 is 5.32 Å². The van der Waals surface area contributed by atoms with Crippen molar-refractivity contribution in [2.45, 2.75) is 0 Å². The van der Waals surface area contributed by atoms with E-state index in [-0.39, 0.29) is 0 Å². The van der Waals surface area contributed by atoms with Crippen molar-refractivity contribution in [3.8, 4) is 0 Å². The zero-order valence-electron chi connectivity index (χ0n) is 8.59. The first-order chi connectivity index (χ1) is 8.31. The number of fused-ring (bicyclic) bond motifs is 1. The average Bonchev–Trinajstić information content (AvgIpc) is 2.79. The second-order valence-corrected chi connectivity index (χ2v) is 4.67. The Labute approximate surface area is 106 Å². The molecule has 84 valence electrons. The minimum atomic E-state index is 0.383. The number of rotatable bonds is 2. The van der Waals surface area contributed by atoms with Crippen molar-refractivity contribution in [2.75, 3.05) is 5.32 Å². The first kappa shape index (κ1) is 10.4. The van der Waals surface area contributed by atoms with Crippen LogP contribution in [0.1, 0.15) is 0 Å². The largest absolute Gasteiger partial charge is 0.339 e. The predicted octanol–water partition coefficient (Wildman–Crippen LogP) is 3.48. The fourth-order valence-electron chi connectivity index (χ4n) is 1.46. The molecule has 2 heterocycles. The molecule has 0 spiro atoms. The quantitative estimate of drug-likeness (QED) is 0.768. The molecule has 0 saturated carbocycles. The van der Waals surface area contributed by atoms with Crippen LogP contribution in [0, 0.1) is 0 Å². The van der Waals surface area contributed by atoms with E-state index in [1.54, 1.807) is 23.5 Å². The van der Waals surface area contributed by atoms with Crippen LogP contribution in [0.5, 0.6) is 0 Å². The lowest BCUT2D eigenvalue weighted by Crippen LogP contribution is -1.94. The highest BCUT2D eigenvalue weighted by Crippen LogP contribution is 2.23. The molecule has 0 amide bonds. The normalized spacial score (nSPS) is 10.6. The predicted molar refractivity (Wildman–Crippen MR) is 69.9 cm³/mol. The fourth-order valence-corrected chi connectivity index (χ4v) is 2.28. The monoisotopic (exact) mass is 262 g/mol. The van der Waals surface area contributed by atoms with Crippen LogP contribution in [-0.4, -0.2) is 15.2 Å².